The molecule has 0 radical (unpaired) electrons. The molecular formula is C25H28O2. The van der Waals surface area contributed by atoms with Crippen molar-refractivity contribution in [3.05, 3.63) is 77.4 Å². The van der Waals surface area contributed by atoms with E-state index in [4.69, 9.17) is 4.74 Å². The van der Waals surface area contributed by atoms with E-state index in [0.29, 0.717) is 0 Å². The Morgan fingerprint density at radius 1 is 0.963 bits per heavy atom. The third-order valence-electron chi connectivity index (χ3n) is 6.44. The van der Waals surface area contributed by atoms with E-state index >= 15 is 0 Å². The standard InChI is InChI=1S/C25H28O2/c1-4-5-15-25(26)22-14-8-11-19-10-7-13-21(23(19)22)24(25,2)17-18-9-6-12-20(16-18)27-3/h6-14,16,26H,4-5,15,17H2,1-3H3. The first kappa shape index (κ1) is 18.1. The quantitative estimate of drug-likeness (QED) is 0.607. The summed E-state index contributed by atoms with van der Waals surface area (Å²) in [5.41, 5.74) is 2.30. The van der Waals surface area contributed by atoms with Crippen molar-refractivity contribution in [1.82, 2.24) is 0 Å². The van der Waals surface area contributed by atoms with Gasteiger partial charge in [-0.15, -0.1) is 0 Å². The predicted octanol–water partition coefficient (Wildman–Crippen LogP) is 5.74. The molecule has 3 aromatic carbocycles. The molecule has 0 saturated heterocycles. The van der Waals surface area contributed by atoms with Crippen LogP contribution in [0.4, 0.5) is 0 Å². The van der Waals surface area contributed by atoms with Crippen molar-refractivity contribution < 1.29 is 9.84 Å². The van der Waals surface area contributed by atoms with Crippen LogP contribution in [0.3, 0.4) is 0 Å². The van der Waals surface area contributed by atoms with Gasteiger partial charge in [-0.3, -0.25) is 0 Å². The van der Waals surface area contributed by atoms with Crippen molar-refractivity contribution >= 4 is 10.8 Å². The molecule has 0 bridgehead atoms. The number of hydrogen-bond acceptors (Lipinski definition) is 2. The Labute approximate surface area is 161 Å². The summed E-state index contributed by atoms with van der Waals surface area (Å²) < 4.78 is 5.43. The van der Waals surface area contributed by atoms with E-state index in [-0.39, 0.29) is 5.41 Å². The Morgan fingerprint density at radius 3 is 2.37 bits per heavy atom. The fourth-order valence-corrected chi connectivity index (χ4v) is 4.94. The molecule has 0 spiro atoms. The summed E-state index contributed by atoms with van der Waals surface area (Å²) in [4.78, 5) is 0. The average molecular weight is 360 g/mol. The number of rotatable bonds is 6. The highest BCUT2D eigenvalue weighted by molar-refractivity contribution is 5.93. The minimum atomic E-state index is -0.866. The van der Waals surface area contributed by atoms with E-state index in [9.17, 15) is 5.11 Å². The number of hydrogen-bond donors (Lipinski definition) is 1. The Hall–Kier alpha value is -2.32. The topological polar surface area (TPSA) is 29.5 Å². The maximum Gasteiger partial charge on any atom is 0.119 e. The molecule has 0 aromatic heterocycles. The molecule has 0 amide bonds. The summed E-state index contributed by atoms with van der Waals surface area (Å²) in [5.74, 6) is 0.863. The van der Waals surface area contributed by atoms with Gasteiger partial charge in [0.05, 0.1) is 12.7 Å². The maximum absolute atomic E-state index is 12.1. The van der Waals surface area contributed by atoms with Crippen molar-refractivity contribution in [2.45, 2.75) is 50.5 Å². The van der Waals surface area contributed by atoms with Gasteiger partial charge in [-0.1, -0.05) is 75.2 Å². The van der Waals surface area contributed by atoms with Gasteiger partial charge >= 0.3 is 0 Å². The van der Waals surface area contributed by atoms with E-state index < -0.39 is 5.60 Å². The zero-order valence-corrected chi connectivity index (χ0v) is 16.5. The molecule has 0 heterocycles. The molecule has 0 saturated carbocycles. The summed E-state index contributed by atoms with van der Waals surface area (Å²) in [6.07, 6.45) is 3.63. The van der Waals surface area contributed by atoms with Crippen LogP contribution in [-0.4, -0.2) is 12.2 Å². The summed E-state index contributed by atoms with van der Waals surface area (Å²) in [7, 11) is 1.70. The third-order valence-corrected chi connectivity index (χ3v) is 6.44. The molecule has 1 aliphatic rings. The van der Waals surface area contributed by atoms with Gasteiger partial charge in [-0.25, -0.2) is 0 Å². The van der Waals surface area contributed by atoms with E-state index in [1.807, 2.05) is 12.1 Å². The first-order valence-corrected chi connectivity index (χ1v) is 9.91. The fraction of sp³-hybridized carbons (Fsp3) is 0.360. The first-order valence-electron chi connectivity index (χ1n) is 9.91. The molecule has 140 valence electrons. The van der Waals surface area contributed by atoms with Crippen LogP contribution in [0.5, 0.6) is 5.75 Å². The predicted molar refractivity (Wildman–Crippen MR) is 111 cm³/mol. The lowest BCUT2D eigenvalue weighted by Crippen LogP contribution is -2.45. The normalized spacial score (nSPS) is 23.7. The van der Waals surface area contributed by atoms with Gasteiger partial charge in [-0.2, -0.15) is 0 Å². The van der Waals surface area contributed by atoms with E-state index in [2.05, 4.69) is 62.4 Å². The van der Waals surface area contributed by atoms with Crippen molar-refractivity contribution in [2.24, 2.45) is 0 Å². The maximum atomic E-state index is 12.1. The highest BCUT2D eigenvalue weighted by Gasteiger charge is 2.54. The van der Waals surface area contributed by atoms with Gasteiger partial charge in [-0.05, 0) is 52.4 Å². The van der Waals surface area contributed by atoms with Crippen LogP contribution in [0.1, 0.15) is 49.8 Å². The minimum Gasteiger partial charge on any atom is -0.497 e. The number of aliphatic hydroxyl groups is 1. The minimum absolute atomic E-state index is 0.377. The molecule has 2 atom stereocenters. The molecule has 2 nitrogen and oxygen atoms in total. The summed E-state index contributed by atoms with van der Waals surface area (Å²) >= 11 is 0. The highest BCUT2D eigenvalue weighted by atomic mass is 16.5. The molecule has 2 heteroatoms. The molecule has 4 rings (SSSR count). The third kappa shape index (κ3) is 2.66. The van der Waals surface area contributed by atoms with Crippen LogP contribution >= 0.6 is 0 Å². The van der Waals surface area contributed by atoms with Gasteiger partial charge in [0.1, 0.15) is 5.75 Å². The largest absolute Gasteiger partial charge is 0.497 e. The van der Waals surface area contributed by atoms with Gasteiger partial charge < -0.3 is 9.84 Å². The van der Waals surface area contributed by atoms with E-state index in [0.717, 1.165) is 37.0 Å². The Balaban J connectivity index is 1.89. The first-order chi connectivity index (χ1) is 13.0. The van der Waals surface area contributed by atoms with Crippen LogP contribution in [-0.2, 0) is 17.4 Å². The lowest BCUT2D eigenvalue weighted by Gasteiger charge is -2.42. The zero-order chi connectivity index (χ0) is 19.1. The summed E-state index contributed by atoms with van der Waals surface area (Å²) in [5, 5.41) is 14.6. The van der Waals surface area contributed by atoms with Gasteiger partial charge in [0, 0.05) is 5.41 Å². The molecule has 2 unspecified atom stereocenters. The highest BCUT2D eigenvalue weighted by Crippen LogP contribution is 2.56. The SMILES string of the molecule is CCCCC1(O)c2cccc3cccc(c23)C1(C)Cc1cccc(OC)c1. The van der Waals surface area contributed by atoms with Crippen molar-refractivity contribution in [2.75, 3.05) is 7.11 Å². The smallest absolute Gasteiger partial charge is 0.119 e. The second-order valence-corrected chi connectivity index (χ2v) is 8.03. The van der Waals surface area contributed by atoms with Crippen LogP contribution in [0.15, 0.2) is 60.7 Å². The van der Waals surface area contributed by atoms with Crippen LogP contribution < -0.4 is 4.74 Å². The second kappa shape index (κ2) is 6.69. The lowest BCUT2D eigenvalue weighted by atomic mass is 9.66. The van der Waals surface area contributed by atoms with Crippen molar-refractivity contribution in [3.63, 3.8) is 0 Å². The second-order valence-electron chi connectivity index (χ2n) is 8.03. The van der Waals surface area contributed by atoms with Crippen LogP contribution in [0.25, 0.3) is 10.8 Å². The lowest BCUT2D eigenvalue weighted by molar-refractivity contribution is -0.0412. The summed E-state index contributed by atoms with van der Waals surface area (Å²) in [6, 6.07) is 21.1. The number of unbranched alkanes of at least 4 members (excludes halogenated alkanes) is 1. The molecule has 27 heavy (non-hydrogen) atoms. The van der Waals surface area contributed by atoms with Crippen molar-refractivity contribution in [1.29, 1.82) is 0 Å². The van der Waals surface area contributed by atoms with Gasteiger partial charge in [0.25, 0.3) is 0 Å². The molecule has 0 fully saturated rings. The molecule has 1 aliphatic carbocycles. The van der Waals surface area contributed by atoms with E-state index in [1.165, 1.54) is 21.9 Å². The van der Waals surface area contributed by atoms with Crippen LogP contribution in [0.2, 0.25) is 0 Å². The number of benzene rings is 3. The summed E-state index contributed by atoms with van der Waals surface area (Å²) in [6.45, 7) is 4.42. The molecule has 3 aromatic rings. The number of ether oxygens (including phenoxy) is 1. The van der Waals surface area contributed by atoms with Crippen LogP contribution in [0, 0.1) is 0 Å². The Kier molecular flexibility index (Phi) is 4.47. The monoisotopic (exact) mass is 360 g/mol. The average Bonchev–Trinajstić information content (AvgIpc) is 2.88. The molecule has 0 aliphatic heterocycles. The Bertz CT molecular complexity index is 972. The van der Waals surface area contributed by atoms with Gasteiger partial charge in [0.2, 0.25) is 0 Å². The molecule has 1 N–H and O–H groups in total. The zero-order valence-electron chi connectivity index (χ0n) is 16.5. The van der Waals surface area contributed by atoms with Gasteiger partial charge in [0.15, 0.2) is 0 Å². The Morgan fingerprint density at radius 2 is 1.67 bits per heavy atom. The fourth-order valence-electron chi connectivity index (χ4n) is 4.94. The van der Waals surface area contributed by atoms with E-state index in [1.54, 1.807) is 7.11 Å². The molecular weight excluding hydrogens is 332 g/mol. The number of methoxy groups -OCH3 is 1. The van der Waals surface area contributed by atoms with Crippen molar-refractivity contribution in [3.8, 4) is 5.75 Å².